The average Bonchev–Trinajstić information content (AvgIpc) is 2.60. The molecule has 2 aromatic rings. The van der Waals surface area contributed by atoms with Crippen LogP contribution >= 0.6 is 45.5 Å². The molecule has 0 radical (unpaired) electrons. The summed E-state index contributed by atoms with van der Waals surface area (Å²) in [4.78, 5) is 4.52. The van der Waals surface area contributed by atoms with Gasteiger partial charge in [0.2, 0.25) is 0 Å². The third kappa shape index (κ3) is 2.52. The number of alkyl halides is 1. The summed E-state index contributed by atoms with van der Waals surface area (Å²) in [5.41, 5.74) is 3.38. The van der Waals surface area contributed by atoms with E-state index in [1.807, 2.05) is 6.07 Å². The van der Waals surface area contributed by atoms with Crippen molar-refractivity contribution in [2.45, 2.75) is 11.4 Å². The molecule has 2 rings (SSSR count). The molecule has 1 aromatic heterocycles. The number of aromatic nitrogens is 1. The Morgan fingerprint density at radius 2 is 2.27 bits per heavy atom. The molecule has 0 spiro atoms. The van der Waals surface area contributed by atoms with Gasteiger partial charge in [-0.15, -0.1) is 11.3 Å². The van der Waals surface area contributed by atoms with Crippen LogP contribution < -0.4 is 0 Å². The van der Waals surface area contributed by atoms with Crippen molar-refractivity contribution in [1.82, 2.24) is 4.98 Å². The van der Waals surface area contributed by atoms with Gasteiger partial charge in [0.25, 0.3) is 0 Å². The first kappa shape index (κ1) is 11.4. The second-order valence-corrected chi connectivity index (χ2v) is 5.61. The minimum atomic E-state index is 0.806. The van der Waals surface area contributed by atoms with E-state index < -0.39 is 0 Å². The molecule has 0 N–H and O–H groups in total. The summed E-state index contributed by atoms with van der Waals surface area (Å²) in [6, 6.07) is 8.33. The lowest BCUT2D eigenvalue weighted by atomic mass is 10.1. The smallest absolute Gasteiger partial charge is 0.125 e. The van der Waals surface area contributed by atoms with Crippen LogP contribution in [-0.2, 0) is 4.43 Å². The standard InChI is InChI=1S/C11H9ClINS/c1-7-3-2-4-8(5-7)11-14-9(6-13)10(12)15-11/h2-5H,6H2,1H3. The van der Waals surface area contributed by atoms with Crippen LogP contribution in [-0.4, -0.2) is 4.98 Å². The van der Waals surface area contributed by atoms with Gasteiger partial charge < -0.3 is 0 Å². The maximum atomic E-state index is 6.09. The van der Waals surface area contributed by atoms with Gasteiger partial charge in [-0.1, -0.05) is 58.0 Å². The van der Waals surface area contributed by atoms with Gasteiger partial charge in [0, 0.05) is 9.99 Å². The molecule has 0 bridgehead atoms. The molecule has 1 aromatic carbocycles. The van der Waals surface area contributed by atoms with Crippen LogP contribution in [0.4, 0.5) is 0 Å². The van der Waals surface area contributed by atoms with Gasteiger partial charge in [-0.05, 0) is 13.0 Å². The van der Waals surface area contributed by atoms with Crippen LogP contribution in [0.15, 0.2) is 24.3 Å². The van der Waals surface area contributed by atoms with Gasteiger partial charge in [0.1, 0.15) is 9.34 Å². The van der Waals surface area contributed by atoms with E-state index >= 15 is 0 Å². The number of aryl methyl sites for hydroxylation is 1. The summed E-state index contributed by atoms with van der Waals surface area (Å²) < 4.78 is 1.67. The number of rotatable bonds is 2. The zero-order valence-corrected chi connectivity index (χ0v) is 11.9. The van der Waals surface area contributed by atoms with Crippen molar-refractivity contribution >= 4 is 45.5 Å². The minimum Gasteiger partial charge on any atom is -0.239 e. The van der Waals surface area contributed by atoms with Crippen LogP contribution in [0.3, 0.4) is 0 Å². The maximum Gasteiger partial charge on any atom is 0.125 e. The quantitative estimate of drug-likeness (QED) is 0.565. The molecule has 0 amide bonds. The van der Waals surface area contributed by atoms with Crippen molar-refractivity contribution in [2.75, 3.05) is 0 Å². The monoisotopic (exact) mass is 349 g/mol. The highest BCUT2D eigenvalue weighted by Gasteiger charge is 2.09. The Hall–Kier alpha value is -0.130. The second kappa shape index (κ2) is 4.80. The Labute approximate surface area is 112 Å². The fourth-order valence-corrected chi connectivity index (χ4v) is 3.49. The third-order valence-corrected chi connectivity index (χ3v) is 4.15. The van der Waals surface area contributed by atoms with E-state index in [-0.39, 0.29) is 0 Å². The predicted octanol–water partition coefficient (Wildman–Crippen LogP) is 4.71. The molecular formula is C11H9ClINS. The first-order chi connectivity index (χ1) is 7.20. The van der Waals surface area contributed by atoms with Crippen LogP contribution in [0, 0.1) is 6.92 Å². The van der Waals surface area contributed by atoms with Gasteiger partial charge in [0.05, 0.1) is 5.69 Å². The normalized spacial score (nSPS) is 10.6. The van der Waals surface area contributed by atoms with E-state index in [0.29, 0.717) is 0 Å². The summed E-state index contributed by atoms with van der Waals surface area (Å²) in [6.07, 6.45) is 0. The van der Waals surface area contributed by atoms with Crippen LogP contribution in [0.25, 0.3) is 10.6 Å². The van der Waals surface area contributed by atoms with Crippen molar-refractivity contribution in [3.63, 3.8) is 0 Å². The Morgan fingerprint density at radius 1 is 1.47 bits per heavy atom. The molecule has 0 fully saturated rings. The summed E-state index contributed by atoms with van der Waals surface area (Å²) >= 11 is 9.91. The molecule has 0 saturated heterocycles. The fraction of sp³-hybridized carbons (Fsp3) is 0.182. The topological polar surface area (TPSA) is 12.9 Å². The number of halogens is 2. The predicted molar refractivity (Wildman–Crippen MR) is 75.0 cm³/mol. The molecule has 0 aliphatic rings. The largest absolute Gasteiger partial charge is 0.239 e. The van der Waals surface area contributed by atoms with Crippen molar-refractivity contribution in [2.24, 2.45) is 0 Å². The molecule has 0 aliphatic carbocycles. The van der Waals surface area contributed by atoms with E-state index in [0.717, 1.165) is 25.0 Å². The zero-order valence-electron chi connectivity index (χ0n) is 8.13. The number of nitrogens with zero attached hydrogens (tertiary/aromatic N) is 1. The van der Waals surface area contributed by atoms with E-state index in [1.54, 1.807) is 11.3 Å². The zero-order chi connectivity index (χ0) is 10.8. The number of hydrogen-bond acceptors (Lipinski definition) is 2. The first-order valence-corrected chi connectivity index (χ1v) is 7.21. The minimum absolute atomic E-state index is 0.806. The van der Waals surface area contributed by atoms with Gasteiger partial charge in [-0.2, -0.15) is 0 Å². The third-order valence-electron chi connectivity index (χ3n) is 2.04. The fourth-order valence-electron chi connectivity index (χ4n) is 1.32. The van der Waals surface area contributed by atoms with Crippen molar-refractivity contribution in [3.05, 3.63) is 39.9 Å². The molecule has 15 heavy (non-hydrogen) atoms. The van der Waals surface area contributed by atoms with E-state index in [2.05, 4.69) is 52.7 Å². The Balaban J connectivity index is 2.45. The highest BCUT2D eigenvalue weighted by molar-refractivity contribution is 14.1. The second-order valence-electron chi connectivity index (χ2n) is 3.24. The SMILES string of the molecule is Cc1cccc(-c2nc(CI)c(Cl)s2)c1. The summed E-state index contributed by atoms with van der Waals surface area (Å²) in [5, 5.41) is 1.01. The van der Waals surface area contributed by atoms with Gasteiger partial charge in [-0.3, -0.25) is 0 Å². The Kier molecular flexibility index (Phi) is 3.64. The van der Waals surface area contributed by atoms with Crippen LogP contribution in [0.5, 0.6) is 0 Å². The van der Waals surface area contributed by atoms with Crippen LogP contribution in [0.2, 0.25) is 4.34 Å². The maximum absolute atomic E-state index is 6.09. The summed E-state index contributed by atoms with van der Waals surface area (Å²) in [5.74, 6) is 0. The van der Waals surface area contributed by atoms with Crippen molar-refractivity contribution in [1.29, 1.82) is 0 Å². The number of hydrogen-bond donors (Lipinski definition) is 0. The molecule has 0 aliphatic heterocycles. The van der Waals surface area contributed by atoms with E-state index in [1.165, 1.54) is 5.56 Å². The summed E-state index contributed by atoms with van der Waals surface area (Å²) in [6.45, 7) is 2.08. The lowest BCUT2D eigenvalue weighted by Crippen LogP contribution is -1.80. The molecule has 4 heteroatoms. The van der Waals surface area contributed by atoms with E-state index in [4.69, 9.17) is 11.6 Å². The van der Waals surface area contributed by atoms with Crippen molar-refractivity contribution < 1.29 is 0 Å². The molecule has 0 unspecified atom stereocenters. The average molecular weight is 350 g/mol. The molecule has 78 valence electrons. The van der Waals surface area contributed by atoms with E-state index in [9.17, 15) is 0 Å². The van der Waals surface area contributed by atoms with Gasteiger partial charge >= 0.3 is 0 Å². The molecule has 0 atom stereocenters. The lowest BCUT2D eigenvalue weighted by molar-refractivity contribution is 1.26. The highest BCUT2D eigenvalue weighted by Crippen LogP contribution is 2.32. The first-order valence-electron chi connectivity index (χ1n) is 4.49. The van der Waals surface area contributed by atoms with Crippen molar-refractivity contribution in [3.8, 4) is 10.6 Å². The lowest BCUT2D eigenvalue weighted by Gasteiger charge is -1.96. The van der Waals surface area contributed by atoms with Gasteiger partial charge in [0.15, 0.2) is 0 Å². The molecular weight excluding hydrogens is 341 g/mol. The number of benzene rings is 1. The molecule has 1 heterocycles. The van der Waals surface area contributed by atoms with Crippen LogP contribution in [0.1, 0.15) is 11.3 Å². The highest BCUT2D eigenvalue weighted by atomic mass is 127. The Morgan fingerprint density at radius 3 is 2.87 bits per heavy atom. The number of thiazole rings is 1. The molecule has 0 saturated carbocycles. The van der Waals surface area contributed by atoms with Gasteiger partial charge in [-0.25, -0.2) is 4.98 Å². The molecule has 1 nitrogen and oxygen atoms in total. The Bertz CT molecular complexity index is 481. The summed E-state index contributed by atoms with van der Waals surface area (Å²) in [7, 11) is 0.